The van der Waals surface area contributed by atoms with E-state index < -0.39 is 5.82 Å². The van der Waals surface area contributed by atoms with Crippen LogP contribution >= 0.6 is 46.4 Å². The second-order valence-electron chi connectivity index (χ2n) is 15.2. The van der Waals surface area contributed by atoms with Crippen LogP contribution in [-0.4, -0.2) is 25.6 Å². The Morgan fingerprint density at radius 2 is 0.910 bits per heavy atom. The largest absolute Gasteiger partial charge is 0.294 e. The Morgan fingerprint density at radius 3 is 1.35 bits per heavy atom. The summed E-state index contributed by atoms with van der Waals surface area (Å²) in [7, 11) is 0. The van der Waals surface area contributed by atoms with Crippen LogP contribution in [0.4, 0.5) is 8.78 Å². The SMILES string of the molecule is CC.CC.CC.CC.CC.CC(=O)Cl.CCc1ccc(C(C)=O)c(F)c1.CCc1ccc(C(C)=O)c(SCc2ccccc2)c1.CCc1ccc2c(C)nsc2c1.CCc1cccc(F)c1.[CH2-]c1ccc2c(C)nsc2c1.[V]. The monoisotopic (exact) mass is 1180 g/mol. The number of rotatable bonds is 9. The van der Waals surface area contributed by atoms with E-state index in [1.165, 1.54) is 80.4 Å². The number of nitrogens with zero attached hydrogens (tertiary/aromatic N) is 2. The Morgan fingerprint density at radius 1 is 0.513 bits per heavy atom. The molecule has 0 aliphatic rings. The molecule has 0 unspecified atom stereocenters. The number of fused-ring (bicyclic) bond motifs is 2. The quantitative estimate of drug-likeness (QED) is 0.0620. The molecule has 427 valence electrons. The van der Waals surface area contributed by atoms with Crippen molar-refractivity contribution in [2.45, 2.75) is 168 Å². The van der Waals surface area contributed by atoms with Crippen molar-refractivity contribution in [3.63, 3.8) is 0 Å². The standard InChI is InChI=1S/C17H18OS.C10H11FO.C10H11NS.C9H8NS.C8H9F.C2H3ClO.5C2H6.V/c1-3-14-9-10-16(13(2)18)17(11-14)19-12-15-7-5-4-6-8-15;1-3-8-4-5-9(7(2)12)10(11)6-8;1-3-8-4-5-9-7(2)11-12-10(9)6-8;1-6-3-4-8-7(2)10-11-9(8)5-6;1-2-7-4-3-5-8(9)6-7;1-2(3)4;5*1-2;/h4-11H,3,12H2,1-2H3;2*4-6H,3H2,1-2H3;3-5H,1H2,2H3;3-6H,2H2,1H3;1H3;5*1-2H3;/q;;;-1;;;;;;;;. The zero-order valence-corrected chi connectivity index (χ0v) is 54.9. The molecular formula is C66H90ClF2N2O3S3V-. The number of thioether (sulfide) groups is 1. The number of benzene rings is 6. The third-order valence-corrected chi connectivity index (χ3v) is 13.0. The van der Waals surface area contributed by atoms with Crippen molar-refractivity contribution in [3.05, 3.63) is 202 Å². The molecule has 0 aliphatic heterocycles. The van der Waals surface area contributed by atoms with Gasteiger partial charge in [-0.2, -0.15) is 27.3 Å². The van der Waals surface area contributed by atoms with Gasteiger partial charge in [0, 0.05) is 47.1 Å². The maximum atomic E-state index is 13.1. The van der Waals surface area contributed by atoms with E-state index in [9.17, 15) is 23.2 Å². The fourth-order valence-electron chi connectivity index (χ4n) is 6.19. The van der Waals surface area contributed by atoms with Gasteiger partial charge in [-0.3, -0.25) is 14.4 Å². The van der Waals surface area contributed by atoms with Gasteiger partial charge < -0.3 is 0 Å². The van der Waals surface area contributed by atoms with Crippen molar-refractivity contribution in [3.8, 4) is 0 Å². The maximum absolute atomic E-state index is 13.1. The third kappa shape index (κ3) is 32.2. The summed E-state index contributed by atoms with van der Waals surface area (Å²) in [6, 6.07) is 40.6. The fraction of sp³-hybridized carbons (Fsp3) is 0.364. The summed E-state index contributed by atoms with van der Waals surface area (Å²) in [6.45, 7) is 40.5. The van der Waals surface area contributed by atoms with Gasteiger partial charge in [0.1, 0.15) is 11.6 Å². The van der Waals surface area contributed by atoms with Crippen LogP contribution in [0.2, 0.25) is 0 Å². The number of halogens is 3. The van der Waals surface area contributed by atoms with E-state index in [1.807, 2.05) is 132 Å². The molecule has 0 aliphatic carbocycles. The van der Waals surface area contributed by atoms with Gasteiger partial charge in [-0.25, -0.2) is 8.78 Å². The van der Waals surface area contributed by atoms with E-state index in [-0.39, 0.29) is 46.7 Å². The van der Waals surface area contributed by atoms with E-state index in [0.717, 1.165) is 70.0 Å². The molecule has 0 amide bonds. The minimum absolute atomic E-state index is 0. The molecule has 8 rings (SSSR count). The number of aromatic nitrogens is 2. The second-order valence-corrected chi connectivity index (χ2v) is 18.4. The summed E-state index contributed by atoms with van der Waals surface area (Å²) in [4.78, 5) is 32.8. The normalized spacial score (nSPS) is 9.05. The first-order valence-corrected chi connectivity index (χ1v) is 29.9. The fourth-order valence-corrected chi connectivity index (χ4v) is 9.01. The zero-order valence-electron chi connectivity index (χ0n) is 50.3. The molecule has 0 spiro atoms. The molecule has 5 nitrogen and oxygen atoms in total. The number of hydrogen-bond acceptors (Lipinski definition) is 8. The first-order chi connectivity index (χ1) is 37.0. The first-order valence-electron chi connectivity index (χ1n) is 27.0. The molecular weight excluding hydrogens is 1090 g/mol. The van der Waals surface area contributed by atoms with Crippen molar-refractivity contribution in [1.29, 1.82) is 0 Å². The minimum Gasteiger partial charge on any atom is -0.294 e. The zero-order chi connectivity index (χ0) is 59.5. The van der Waals surface area contributed by atoms with Crippen LogP contribution in [0.15, 0.2) is 132 Å². The van der Waals surface area contributed by atoms with Gasteiger partial charge in [0.05, 0.1) is 21.7 Å². The van der Waals surface area contributed by atoms with Gasteiger partial charge in [0.15, 0.2) is 11.6 Å². The van der Waals surface area contributed by atoms with Crippen LogP contribution in [0.25, 0.3) is 20.2 Å². The Balaban J connectivity index is -0.000000419. The van der Waals surface area contributed by atoms with Gasteiger partial charge in [-0.05, 0) is 162 Å². The van der Waals surface area contributed by atoms with E-state index in [1.54, 1.807) is 48.4 Å². The third-order valence-electron chi connectivity index (χ3n) is 10.0. The van der Waals surface area contributed by atoms with E-state index in [0.29, 0.717) is 0 Å². The second kappa shape index (κ2) is 49.1. The van der Waals surface area contributed by atoms with Crippen molar-refractivity contribution >= 4 is 83.4 Å². The maximum Gasteiger partial charge on any atom is 0.218 e. The van der Waals surface area contributed by atoms with Gasteiger partial charge in [0.2, 0.25) is 5.24 Å². The molecule has 0 saturated heterocycles. The molecule has 1 radical (unpaired) electrons. The Labute approximate surface area is 500 Å². The van der Waals surface area contributed by atoms with Gasteiger partial charge >= 0.3 is 0 Å². The summed E-state index contributed by atoms with van der Waals surface area (Å²) >= 11 is 9.50. The molecule has 0 atom stereocenters. The summed E-state index contributed by atoms with van der Waals surface area (Å²) < 4.78 is 36.5. The van der Waals surface area contributed by atoms with Crippen LogP contribution < -0.4 is 0 Å². The average molecular weight is 1180 g/mol. The number of ketones is 2. The predicted octanol–water partition coefficient (Wildman–Crippen LogP) is 21.6. The van der Waals surface area contributed by atoms with Crippen LogP contribution in [-0.2, 0) is 54.8 Å². The van der Waals surface area contributed by atoms with Crippen LogP contribution in [0, 0.1) is 32.4 Å². The number of aryl methyl sites for hydroxylation is 6. The van der Waals surface area contributed by atoms with Crippen LogP contribution in [0.5, 0.6) is 0 Å². The molecule has 0 saturated carbocycles. The minimum atomic E-state index is -0.415. The van der Waals surface area contributed by atoms with Crippen molar-refractivity contribution in [1.82, 2.24) is 8.75 Å². The van der Waals surface area contributed by atoms with E-state index in [2.05, 4.69) is 96.6 Å². The van der Waals surface area contributed by atoms with Gasteiger partial charge in [-0.15, -0.1) is 23.9 Å². The van der Waals surface area contributed by atoms with Gasteiger partial charge in [-0.1, -0.05) is 170 Å². The molecule has 0 N–H and O–H groups in total. The van der Waals surface area contributed by atoms with Crippen molar-refractivity contribution in [2.75, 3.05) is 0 Å². The summed E-state index contributed by atoms with van der Waals surface area (Å²) in [5, 5.41) is 2.19. The topological polar surface area (TPSA) is 77.0 Å². The summed E-state index contributed by atoms with van der Waals surface area (Å²) in [6.07, 6.45) is 3.79. The van der Waals surface area contributed by atoms with Crippen molar-refractivity contribution < 1.29 is 41.7 Å². The van der Waals surface area contributed by atoms with Crippen LogP contribution in [0.3, 0.4) is 0 Å². The number of carbonyl (C=O) groups excluding carboxylic acids is 3. The predicted molar refractivity (Wildman–Crippen MR) is 339 cm³/mol. The molecule has 2 aromatic heterocycles. The molecule has 78 heavy (non-hydrogen) atoms. The molecule has 0 bridgehead atoms. The Bertz CT molecular complexity index is 2830. The van der Waals surface area contributed by atoms with Crippen LogP contribution in [0.1, 0.15) is 183 Å². The number of Topliss-reactive ketones (excluding diaryl/α,β-unsaturated/α-hetero) is 2. The summed E-state index contributed by atoms with van der Waals surface area (Å²) in [5.74, 6) is 0.249. The molecule has 2 heterocycles. The Kier molecular flexibility index (Phi) is 50.1. The molecule has 0 fully saturated rings. The summed E-state index contributed by atoms with van der Waals surface area (Å²) in [5.41, 5.74) is 10.2. The molecule has 6 aromatic carbocycles. The van der Waals surface area contributed by atoms with E-state index in [4.69, 9.17) is 0 Å². The Hall–Kier alpha value is -4.94. The average Bonchev–Trinajstić information content (AvgIpc) is 4.03. The first kappa shape index (κ1) is 79.5. The van der Waals surface area contributed by atoms with E-state index >= 15 is 0 Å². The number of carbonyl (C=O) groups is 3. The number of hydrogen-bond donors (Lipinski definition) is 0. The molecule has 8 aromatic rings. The van der Waals surface area contributed by atoms with Gasteiger partial charge in [0.25, 0.3) is 0 Å². The van der Waals surface area contributed by atoms with Crippen molar-refractivity contribution in [2.24, 2.45) is 0 Å². The molecule has 12 heteroatoms. The smallest absolute Gasteiger partial charge is 0.218 e.